The molecule has 1 amide bonds. The van der Waals surface area contributed by atoms with Crippen LogP contribution in [-0.2, 0) is 42.9 Å². The second-order valence-corrected chi connectivity index (χ2v) is 14.3. The second-order valence-electron chi connectivity index (χ2n) is 14.3. The van der Waals surface area contributed by atoms with Crippen LogP contribution in [-0.4, -0.2) is 120 Å². The minimum Gasteiger partial charge on any atom is -0.459 e. The number of ketones is 2. The third kappa shape index (κ3) is 8.67. The van der Waals surface area contributed by atoms with E-state index in [9.17, 15) is 29.4 Å². The zero-order valence-electron chi connectivity index (χ0n) is 29.8. The van der Waals surface area contributed by atoms with Gasteiger partial charge in [-0.25, -0.2) is 0 Å². The zero-order chi connectivity index (χ0) is 35.6. The summed E-state index contributed by atoms with van der Waals surface area (Å²) in [7, 11) is 3.69. The average Bonchev–Trinajstić information content (AvgIpc) is 3.00. The maximum Gasteiger partial charge on any atom is 0.316 e. The van der Waals surface area contributed by atoms with Crippen molar-refractivity contribution >= 4 is 23.4 Å². The zero-order valence-corrected chi connectivity index (χ0v) is 29.8. The first kappa shape index (κ1) is 39.2. The molecule has 0 aromatic carbocycles. The van der Waals surface area contributed by atoms with Crippen LogP contribution in [0.3, 0.4) is 0 Å². The SMILES string of the molecule is CC[C@H]1OC(=O)[C@H](C)C(=O)[C@H](C)[C@@H](O[C@@H]2O[C@H](C)C[C@H](N(C)C)[C@H]2O)[C@@]2(C)CC(C)=C(NC(C)=O)[C@H](C)[C@@H](OCC(=O)CO2)[C@]1(C)O. The third-order valence-corrected chi connectivity index (χ3v) is 9.98. The fourth-order valence-corrected chi connectivity index (χ4v) is 7.39. The number of hydrogen-bond donors (Lipinski definition) is 3. The lowest BCUT2D eigenvalue weighted by Crippen LogP contribution is -2.59. The van der Waals surface area contributed by atoms with Crippen LogP contribution >= 0.6 is 0 Å². The normalized spacial score (nSPS) is 41.5. The maximum absolute atomic E-state index is 14.1. The van der Waals surface area contributed by atoms with Gasteiger partial charge in [0.2, 0.25) is 5.91 Å². The van der Waals surface area contributed by atoms with E-state index in [1.54, 1.807) is 34.6 Å². The fraction of sp³-hybridized carbons (Fsp3) is 0.824. The molecular formula is C34H56N2O11. The molecule has 0 radical (unpaired) electrons. The predicted molar refractivity (Wildman–Crippen MR) is 171 cm³/mol. The highest BCUT2D eigenvalue weighted by Gasteiger charge is 2.52. The molecule has 268 valence electrons. The highest BCUT2D eigenvalue weighted by atomic mass is 16.7. The van der Waals surface area contributed by atoms with Gasteiger partial charge in [-0.2, -0.15) is 0 Å². The Labute approximate surface area is 278 Å². The number of hydrogen-bond acceptors (Lipinski definition) is 12. The van der Waals surface area contributed by atoms with Gasteiger partial charge >= 0.3 is 5.97 Å². The Bertz CT molecular complexity index is 1200. The van der Waals surface area contributed by atoms with E-state index in [-0.39, 0.29) is 30.9 Å². The van der Waals surface area contributed by atoms with E-state index in [0.717, 1.165) is 0 Å². The van der Waals surface area contributed by atoms with Gasteiger partial charge < -0.3 is 44.1 Å². The number of likely N-dealkylation sites (N-methyl/N-ethyl adjacent to an activating group) is 1. The van der Waals surface area contributed by atoms with Gasteiger partial charge in [0.1, 0.15) is 36.9 Å². The molecule has 0 saturated carbocycles. The van der Waals surface area contributed by atoms with Gasteiger partial charge in [0, 0.05) is 36.9 Å². The lowest BCUT2D eigenvalue weighted by molar-refractivity contribution is -0.295. The quantitative estimate of drug-likeness (QED) is 0.288. The fourth-order valence-electron chi connectivity index (χ4n) is 7.39. The lowest BCUT2D eigenvalue weighted by Gasteiger charge is -2.47. The number of Topliss-reactive ketones (excluding diaryl/α,β-unsaturated/α-hetero) is 2. The number of aliphatic hydroxyl groups excluding tert-OH is 1. The number of carbonyl (C=O) groups excluding carboxylic acids is 4. The van der Waals surface area contributed by atoms with Crippen molar-refractivity contribution in [2.45, 2.75) is 136 Å². The number of nitrogens with zero attached hydrogens (tertiary/aromatic N) is 1. The number of nitrogens with one attached hydrogen (secondary N) is 1. The molecule has 2 bridgehead atoms. The van der Waals surface area contributed by atoms with Crippen molar-refractivity contribution in [2.75, 3.05) is 27.3 Å². The standard InChI is InChI=1S/C34H56N2O11/c1-12-25-34(9,42)30-19(4)26(35-22(7)37)17(2)14-33(8,44-16-23(38)15-43-30)29(20(5)27(39)21(6)31(41)46-25)47-32-28(40)24(36(10)11)13-18(3)45-32/h18-21,24-25,28-30,32,40,42H,12-16H2,1-11H3,(H,35,37)/t18-,19+,20+,21-,24+,25-,28-,29-,30-,32+,33-,34-/m1/s1. The predicted octanol–water partition coefficient (Wildman–Crippen LogP) is 1.90. The number of cyclic esters (lactones) is 1. The summed E-state index contributed by atoms with van der Waals surface area (Å²) in [6.07, 6.45) is -5.20. The van der Waals surface area contributed by atoms with Gasteiger partial charge in [-0.1, -0.05) is 26.3 Å². The molecule has 1 fully saturated rings. The first-order chi connectivity index (χ1) is 21.7. The van der Waals surface area contributed by atoms with Crippen LogP contribution in [0.5, 0.6) is 0 Å². The smallest absolute Gasteiger partial charge is 0.316 e. The summed E-state index contributed by atoms with van der Waals surface area (Å²) < 4.78 is 31.0. The van der Waals surface area contributed by atoms with Crippen LogP contribution in [0.4, 0.5) is 0 Å². The first-order valence-electron chi connectivity index (χ1n) is 16.6. The molecule has 3 heterocycles. The van der Waals surface area contributed by atoms with Crippen molar-refractivity contribution in [2.24, 2.45) is 17.8 Å². The van der Waals surface area contributed by atoms with Crippen LogP contribution in [0, 0.1) is 17.8 Å². The summed E-state index contributed by atoms with van der Waals surface area (Å²) in [5, 5.41) is 26.3. The van der Waals surface area contributed by atoms with Gasteiger partial charge in [0.25, 0.3) is 0 Å². The number of carbonyl (C=O) groups is 4. The largest absolute Gasteiger partial charge is 0.459 e. The Morgan fingerprint density at radius 3 is 2.30 bits per heavy atom. The molecule has 3 aliphatic rings. The molecule has 1 saturated heterocycles. The highest BCUT2D eigenvalue weighted by Crippen LogP contribution is 2.40. The van der Waals surface area contributed by atoms with E-state index >= 15 is 0 Å². The number of aliphatic hydroxyl groups is 2. The van der Waals surface area contributed by atoms with Gasteiger partial charge in [-0.15, -0.1) is 0 Å². The van der Waals surface area contributed by atoms with Crippen molar-refractivity contribution in [1.29, 1.82) is 0 Å². The summed E-state index contributed by atoms with van der Waals surface area (Å²) in [5.74, 6) is -5.16. The first-order valence-corrected chi connectivity index (χ1v) is 16.6. The molecule has 47 heavy (non-hydrogen) atoms. The van der Waals surface area contributed by atoms with Gasteiger partial charge in [0.05, 0.1) is 23.9 Å². The molecule has 0 unspecified atom stereocenters. The summed E-state index contributed by atoms with van der Waals surface area (Å²) >= 11 is 0. The third-order valence-electron chi connectivity index (χ3n) is 9.98. The molecule has 3 aliphatic heterocycles. The van der Waals surface area contributed by atoms with Crippen LogP contribution in [0.2, 0.25) is 0 Å². The highest BCUT2D eigenvalue weighted by molar-refractivity contribution is 6.00. The molecule has 3 N–H and O–H groups in total. The van der Waals surface area contributed by atoms with Crippen LogP contribution in [0.15, 0.2) is 11.3 Å². The van der Waals surface area contributed by atoms with Crippen molar-refractivity contribution in [3.05, 3.63) is 11.3 Å². The van der Waals surface area contributed by atoms with Crippen molar-refractivity contribution in [3.63, 3.8) is 0 Å². The van der Waals surface area contributed by atoms with Crippen molar-refractivity contribution in [1.82, 2.24) is 10.2 Å². The number of amides is 1. The summed E-state index contributed by atoms with van der Waals surface area (Å²) in [5.41, 5.74) is -2.23. The summed E-state index contributed by atoms with van der Waals surface area (Å²) in [4.78, 5) is 55.4. The lowest BCUT2D eigenvalue weighted by atomic mass is 9.77. The maximum atomic E-state index is 14.1. The van der Waals surface area contributed by atoms with E-state index < -0.39 is 90.4 Å². The molecule has 12 atom stereocenters. The van der Waals surface area contributed by atoms with E-state index in [1.807, 2.05) is 25.9 Å². The monoisotopic (exact) mass is 668 g/mol. The van der Waals surface area contributed by atoms with Crippen molar-refractivity contribution < 1.29 is 53.1 Å². The second kappa shape index (κ2) is 15.5. The Balaban J connectivity index is 2.31. The molecule has 0 aliphatic carbocycles. The van der Waals surface area contributed by atoms with E-state index in [4.69, 9.17) is 23.7 Å². The minimum atomic E-state index is -1.84. The molecule has 0 spiro atoms. The molecule has 0 aromatic rings. The van der Waals surface area contributed by atoms with Gasteiger partial charge in [0.15, 0.2) is 17.9 Å². The summed E-state index contributed by atoms with van der Waals surface area (Å²) in [6.45, 7) is 13.8. The Morgan fingerprint density at radius 1 is 1.09 bits per heavy atom. The number of ether oxygens (including phenoxy) is 5. The van der Waals surface area contributed by atoms with E-state index in [1.165, 1.54) is 20.8 Å². The number of fused-ring (bicyclic) bond motifs is 4. The topological polar surface area (TPSA) is 170 Å². The average molecular weight is 669 g/mol. The Kier molecular flexibility index (Phi) is 12.9. The number of esters is 1. The van der Waals surface area contributed by atoms with E-state index in [0.29, 0.717) is 17.7 Å². The molecule has 0 aromatic heterocycles. The van der Waals surface area contributed by atoms with Crippen LogP contribution in [0.1, 0.15) is 81.6 Å². The summed E-state index contributed by atoms with van der Waals surface area (Å²) in [6, 6.07) is -0.313. The molecular weight excluding hydrogens is 612 g/mol. The molecule has 13 heteroatoms. The Hall–Kier alpha value is -2.26. The van der Waals surface area contributed by atoms with E-state index in [2.05, 4.69) is 5.32 Å². The molecule has 3 rings (SSSR count). The number of rotatable bonds is 5. The van der Waals surface area contributed by atoms with Crippen molar-refractivity contribution in [3.8, 4) is 0 Å². The van der Waals surface area contributed by atoms with Gasteiger partial charge in [-0.05, 0) is 61.6 Å². The molecule has 13 nitrogen and oxygen atoms in total. The van der Waals surface area contributed by atoms with Gasteiger partial charge in [-0.3, -0.25) is 19.2 Å². The Morgan fingerprint density at radius 2 is 1.72 bits per heavy atom. The van der Waals surface area contributed by atoms with Crippen LogP contribution in [0.25, 0.3) is 0 Å². The minimum absolute atomic E-state index is 0.0584. The van der Waals surface area contributed by atoms with Crippen LogP contribution < -0.4 is 5.32 Å².